The quantitative estimate of drug-likeness (QED) is 0.831. The molecule has 0 fully saturated rings. The van der Waals surface area contributed by atoms with Gasteiger partial charge in [-0.25, -0.2) is 0 Å². The summed E-state index contributed by atoms with van der Waals surface area (Å²) in [5.41, 5.74) is 7.41. The lowest BCUT2D eigenvalue weighted by molar-refractivity contribution is -0.124. The first kappa shape index (κ1) is 13.6. The molecule has 0 aliphatic rings. The van der Waals surface area contributed by atoms with E-state index in [0.717, 1.165) is 11.4 Å². The van der Waals surface area contributed by atoms with Gasteiger partial charge in [0.1, 0.15) is 0 Å². The van der Waals surface area contributed by atoms with Gasteiger partial charge in [0.25, 0.3) is 0 Å². The molecule has 1 unspecified atom stereocenters. The van der Waals surface area contributed by atoms with Crippen molar-refractivity contribution in [3.8, 4) is 0 Å². The van der Waals surface area contributed by atoms with Crippen LogP contribution in [0.3, 0.4) is 0 Å². The van der Waals surface area contributed by atoms with Crippen molar-refractivity contribution in [2.24, 2.45) is 11.1 Å². The SMILES string of the molecule is Cc1cccc(CNC(=O)C(N)C(C)(C)C)n1. The fourth-order valence-corrected chi connectivity index (χ4v) is 1.38. The number of aromatic nitrogens is 1. The lowest BCUT2D eigenvalue weighted by atomic mass is 9.87. The third kappa shape index (κ3) is 4.15. The molecule has 0 saturated carbocycles. The first-order chi connectivity index (χ1) is 7.80. The van der Waals surface area contributed by atoms with E-state index in [9.17, 15) is 4.79 Å². The molecule has 1 rings (SSSR count). The Morgan fingerprint density at radius 1 is 1.47 bits per heavy atom. The van der Waals surface area contributed by atoms with Gasteiger partial charge in [-0.1, -0.05) is 26.8 Å². The number of nitrogens with two attached hydrogens (primary N) is 1. The van der Waals surface area contributed by atoms with Crippen molar-refractivity contribution in [3.63, 3.8) is 0 Å². The number of aryl methyl sites for hydroxylation is 1. The molecule has 0 saturated heterocycles. The molecule has 1 atom stereocenters. The van der Waals surface area contributed by atoms with Gasteiger partial charge in [0.15, 0.2) is 0 Å². The molecule has 3 N–H and O–H groups in total. The van der Waals surface area contributed by atoms with E-state index in [2.05, 4.69) is 10.3 Å². The monoisotopic (exact) mass is 235 g/mol. The number of rotatable bonds is 3. The minimum absolute atomic E-state index is 0.138. The van der Waals surface area contributed by atoms with Crippen LogP contribution in [0, 0.1) is 12.3 Å². The molecule has 0 aliphatic heterocycles. The number of nitrogens with one attached hydrogen (secondary N) is 1. The molecular weight excluding hydrogens is 214 g/mol. The number of carbonyl (C=O) groups is 1. The second-order valence-electron chi connectivity index (χ2n) is 5.33. The predicted octanol–water partition coefficient (Wildman–Crippen LogP) is 1.38. The number of amides is 1. The van der Waals surface area contributed by atoms with Crippen LogP contribution in [-0.4, -0.2) is 16.9 Å². The van der Waals surface area contributed by atoms with Crippen molar-refractivity contribution in [2.45, 2.75) is 40.3 Å². The fourth-order valence-electron chi connectivity index (χ4n) is 1.38. The number of pyridine rings is 1. The van der Waals surface area contributed by atoms with Crippen LogP contribution < -0.4 is 11.1 Å². The van der Waals surface area contributed by atoms with E-state index in [1.165, 1.54) is 0 Å². The van der Waals surface area contributed by atoms with Crippen LogP contribution in [0.15, 0.2) is 18.2 Å². The normalized spacial score (nSPS) is 13.2. The maximum atomic E-state index is 11.8. The van der Waals surface area contributed by atoms with Crippen molar-refractivity contribution in [3.05, 3.63) is 29.6 Å². The van der Waals surface area contributed by atoms with Crippen LogP contribution in [0.2, 0.25) is 0 Å². The maximum Gasteiger partial charge on any atom is 0.237 e. The van der Waals surface area contributed by atoms with E-state index in [1.54, 1.807) is 0 Å². The zero-order chi connectivity index (χ0) is 13.1. The van der Waals surface area contributed by atoms with Crippen LogP contribution in [0.5, 0.6) is 0 Å². The largest absolute Gasteiger partial charge is 0.349 e. The molecule has 0 aliphatic carbocycles. The fraction of sp³-hybridized carbons (Fsp3) is 0.538. The molecule has 1 amide bonds. The third-order valence-corrected chi connectivity index (χ3v) is 2.61. The molecule has 94 valence electrons. The highest BCUT2D eigenvalue weighted by Crippen LogP contribution is 2.17. The molecule has 1 heterocycles. The highest BCUT2D eigenvalue weighted by atomic mass is 16.2. The zero-order valence-corrected chi connectivity index (χ0v) is 10.9. The van der Waals surface area contributed by atoms with Crippen LogP contribution in [-0.2, 0) is 11.3 Å². The Labute approximate surface area is 103 Å². The Morgan fingerprint density at radius 2 is 2.12 bits per heavy atom. The summed E-state index contributed by atoms with van der Waals surface area (Å²) in [7, 11) is 0. The average Bonchev–Trinajstić information content (AvgIpc) is 2.23. The molecule has 17 heavy (non-hydrogen) atoms. The molecule has 0 radical (unpaired) electrons. The Kier molecular flexibility index (Phi) is 4.23. The molecular formula is C13H21N3O. The second-order valence-corrected chi connectivity index (χ2v) is 5.33. The molecule has 0 aromatic carbocycles. The van der Waals surface area contributed by atoms with Crippen molar-refractivity contribution in [1.82, 2.24) is 10.3 Å². The standard InChI is InChI=1S/C13H21N3O/c1-9-6-5-7-10(16-9)8-15-12(17)11(14)13(2,3)4/h5-7,11H,8,14H2,1-4H3,(H,15,17). The van der Waals surface area contributed by atoms with Crippen LogP contribution in [0.1, 0.15) is 32.2 Å². The zero-order valence-electron chi connectivity index (χ0n) is 10.9. The first-order valence-electron chi connectivity index (χ1n) is 5.76. The Hall–Kier alpha value is -1.42. The minimum Gasteiger partial charge on any atom is -0.349 e. The molecule has 1 aromatic heterocycles. The number of hydrogen-bond acceptors (Lipinski definition) is 3. The van der Waals surface area contributed by atoms with Gasteiger partial charge >= 0.3 is 0 Å². The number of hydrogen-bond donors (Lipinski definition) is 2. The average molecular weight is 235 g/mol. The smallest absolute Gasteiger partial charge is 0.237 e. The van der Waals surface area contributed by atoms with E-state index < -0.39 is 6.04 Å². The van der Waals surface area contributed by atoms with Gasteiger partial charge in [0, 0.05) is 5.69 Å². The van der Waals surface area contributed by atoms with E-state index in [-0.39, 0.29) is 11.3 Å². The molecule has 4 nitrogen and oxygen atoms in total. The van der Waals surface area contributed by atoms with E-state index >= 15 is 0 Å². The number of carbonyl (C=O) groups excluding carboxylic acids is 1. The van der Waals surface area contributed by atoms with Crippen molar-refractivity contribution in [1.29, 1.82) is 0 Å². The first-order valence-corrected chi connectivity index (χ1v) is 5.76. The summed E-state index contributed by atoms with van der Waals surface area (Å²) < 4.78 is 0. The third-order valence-electron chi connectivity index (χ3n) is 2.61. The van der Waals surface area contributed by atoms with E-state index in [0.29, 0.717) is 6.54 Å². The summed E-state index contributed by atoms with van der Waals surface area (Å²) >= 11 is 0. The van der Waals surface area contributed by atoms with Crippen molar-refractivity contribution >= 4 is 5.91 Å². The highest BCUT2D eigenvalue weighted by Gasteiger charge is 2.27. The van der Waals surface area contributed by atoms with Gasteiger partial charge in [0.05, 0.1) is 18.3 Å². The van der Waals surface area contributed by atoms with Crippen molar-refractivity contribution in [2.75, 3.05) is 0 Å². The van der Waals surface area contributed by atoms with Crippen LogP contribution >= 0.6 is 0 Å². The van der Waals surface area contributed by atoms with Crippen LogP contribution in [0.25, 0.3) is 0 Å². The predicted molar refractivity (Wildman–Crippen MR) is 68.3 cm³/mol. The Balaban J connectivity index is 2.54. The molecule has 1 aromatic rings. The highest BCUT2D eigenvalue weighted by molar-refractivity contribution is 5.82. The summed E-state index contributed by atoms with van der Waals surface area (Å²) in [4.78, 5) is 16.1. The second kappa shape index (κ2) is 5.27. The van der Waals surface area contributed by atoms with Gasteiger partial charge in [0.2, 0.25) is 5.91 Å². The summed E-state index contributed by atoms with van der Waals surface area (Å²) in [6.45, 7) is 8.18. The maximum absolute atomic E-state index is 11.8. The lowest BCUT2D eigenvalue weighted by Crippen LogP contribution is -2.48. The van der Waals surface area contributed by atoms with Gasteiger partial charge < -0.3 is 11.1 Å². The molecule has 0 spiro atoms. The summed E-state index contributed by atoms with van der Waals surface area (Å²) in [5.74, 6) is -0.138. The summed E-state index contributed by atoms with van der Waals surface area (Å²) in [6, 6.07) is 5.22. The molecule has 4 heteroatoms. The molecule has 0 bridgehead atoms. The van der Waals surface area contributed by atoms with Crippen LogP contribution in [0.4, 0.5) is 0 Å². The summed E-state index contributed by atoms with van der Waals surface area (Å²) in [6.07, 6.45) is 0. The van der Waals surface area contributed by atoms with Crippen molar-refractivity contribution < 1.29 is 4.79 Å². The lowest BCUT2D eigenvalue weighted by Gasteiger charge is -2.25. The van der Waals surface area contributed by atoms with E-state index in [1.807, 2.05) is 45.9 Å². The summed E-state index contributed by atoms with van der Waals surface area (Å²) in [5, 5.41) is 2.81. The Morgan fingerprint density at radius 3 is 2.65 bits per heavy atom. The van der Waals surface area contributed by atoms with Gasteiger partial charge in [-0.2, -0.15) is 0 Å². The van der Waals surface area contributed by atoms with Gasteiger partial charge in [-0.15, -0.1) is 0 Å². The topological polar surface area (TPSA) is 68.0 Å². The Bertz CT molecular complexity index is 396. The minimum atomic E-state index is -0.507. The van der Waals surface area contributed by atoms with Gasteiger partial charge in [-0.3, -0.25) is 9.78 Å². The van der Waals surface area contributed by atoms with Gasteiger partial charge in [-0.05, 0) is 24.5 Å². The van der Waals surface area contributed by atoms with E-state index in [4.69, 9.17) is 5.73 Å². The number of nitrogens with zero attached hydrogens (tertiary/aromatic N) is 1.